The highest BCUT2D eigenvalue weighted by molar-refractivity contribution is 5.74. The Hall–Kier alpha value is -4.91. The van der Waals surface area contributed by atoms with Crippen LogP contribution < -0.4 is 0 Å². The lowest BCUT2D eigenvalue weighted by atomic mass is 10.0. The topological polar surface area (TPSA) is 120 Å². The summed E-state index contributed by atoms with van der Waals surface area (Å²) in [5, 5.41) is 40.1. The molecule has 0 aliphatic carbocycles. The van der Waals surface area contributed by atoms with Gasteiger partial charge in [0.15, 0.2) is 17.5 Å². The van der Waals surface area contributed by atoms with Crippen LogP contribution >= 0.6 is 0 Å². The van der Waals surface area contributed by atoms with Gasteiger partial charge in [0.2, 0.25) is 0 Å². The number of benzene rings is 4. The molecule has 7 heteroatoms. The van der Waals surface area contributed by atoms with Crippen molar-refractivity contribution in [2.24, 2.45) is 0 Å². The van der Waals surface area contributed by atoms with Crippen LogP contribution in [-0.2, 0) is 0 Å². The molecule has 0 atom stereocenters. The van der Waals surface area contributed by atoms with Gasteiger partial charge in [0.05, 0.1) is 11.1 Å². The number of hydrogen-bond acceptors (Lipinski definition) is 7. The fourth-order valence-electron chi connectivity index (χ4n) is 3.61. The highest BCUT2D eigenvalue weighted by atomic mass is 16.3. The van der Waals surface area contributed by atoms with Crippen LogP contribution in [0.1, 0.15) is 0 Å². The van der Waals surface area contributed by atoms with Crippen LogP contribution in [0.3, 0.4) is 0 Å². The second-order valence-electron chi connectivity index (χ2n) is 7.65. The number of phenols is 4. The quantitative estimate of drug-likeness (QED) is 0.291. The maximum Gasteiger partial charge on any atom is 0.167 e. The van der Waals surface area contributed by atoms with Gasteiger partial charge in [-0.15, -0.1) is 0 Å². The van der Waals surface area contributed by atoms with E-state index in [4.69, 9.17) is 0 Å². The average Bonchev–Trinajstić information content (AvgIpc) is 2.84. The predicted molar refractivity (Wildman–Crippen MR) is 128 cm³/mol. The molecule has 0 bridgehead atoms. The van der Waals surface area contributed by atoms with Crippen molar-refractivity contribution in [2.45, 2.75) is 0 Å². The summed E-state index contributed by atoms with van der Waals surface area (Å²) in [5.41, 5.74) is 3.41. The lowest BCUT2D eigenvalue weighted by molar-refractivity contribution is 0.451. The van der Waals surface area contributed by atoms with Gasteiger partial charge in [0.25, 0.3) is 0 Å². The van der Waals surface area contributed by atoms with Gasteiger partial charge < -0.3 is 20.4 Å². The van der Waals surface area contributed by atoms with E-state index in [1.165, 1.54) is 36.4 Å². The van der Waals surface area contributed by atoms with E-state index in [2.05, 4.69) is 15.0 Å². The van der Waals surface area contributed by atoms with Crippen LogP contribution in [0.2, 0.25) is 0 Å². The first-order valence-electron chi connectivity index (χ1n) is 10.4. The Morgan fingerprint density at radius 1 is 0.412 bits per heavy atom. The first kappa shape index (κ1) is 21.0. The van der Waals surface area contributed by atoms with E-state index in [1.54, 1.807) is 0 Å². The zero-order chi connectivity index (χ0) is 23.7. The summed E-state index contributed by atoms with van der Waals surface area (Å²) in [6.07, 6.45) is 0. The molecule has 4 aromatic carbocycles. The monoisotopic (exact) mass is 449 g/mol. The Bertz CT molecular complexity index is 1420. The van der Waals surface area contributed by atoms with Crippen LogP contribution in [0.5, 0.6) is 23.0 Å². The standard InChI is InChI=1S/C27H19N3O4/c31-19-10-12-21(23(33)14-19)26-28-25(29-27(30-26)22-13-11-20(32)15-24(22)34)18-8-6-17(7-9-18)16-4-2-1-3-5-16/h1-15,31-34H. The first-order valence-corrected chi connectivity index (χ1v) is 10.4. The molecule has 0 fully saturated rings. The molecule has 34 heavy (non-hydrogen) atoms. The highest BCUT2D eigenvalue weighted by Crippen LogP contribution is 2.35. The maximum absolute atomic E-state index is 10.4. The number of aromatic hydroxyl groups is 4. The fourth-order valence-corrected chi connectivity index (χ4v) is 3.61. The maximum atomic E-state index is 10.4. The van der Waals surface area contributed by atoms with Gasteiger partial charge in [0, 0.05) is 17.7 Å². The van der Waals surface area contributed by atoms with Crippen molar-refractivity contribution in [1.29, 1.82) is 0 Å². The van der Waals surface area contributed by atoms with Gasteiger partial charge in [0.1, 0.15) is 23.0 Å². The Labute approximate surface area is 194 Å². The minimum absolute atomic E-state index is 0.0940. The minimum atomic E-state index is -0.197. The summed E-state index contributed by atoms with van der Waals surface area (Å²) in [6, 6.07) is 25.9. The van der Waals surface area contributed by atoms with Crippen molar-refractivity contribution in [3.05, 3.63) is 91.0 Å². The van der Waals surface area contributed by atoms with E-state index in [1.807, 2.05) is 54.6 Å². The summed E-state index contributed by atoms with van der Waals surface area (Å²) in [6.45, 7) is 0. The zero-order valence-corrected chi connectivity index (χ0v) is 17.8. The third-order valence-electron chi connectivity index (χ3n) is 5.33. The molecule has 0 unspecified atom stereocenters. The largest absolute Gasteiger partial charge is 0.508 e. The molecular formula is C27H19N3O4. The minimum Gasteiger partial charge on any atom is -0.508 e. The number of rotatable bonds is 4. The molecule has 5 rings (SSSR count). The SMILES string of the molecule is Oc1ccc(-c2nc(-c3ccc(-c4ccccc4)cc3)nc(-c3ccc(O)cc3O)n2)c(O)c1. The van der Waals surface area contributed by atoms with E-state index >= 15 is 0 Å². The molecule has 1 heterocycles. The van der Waals surface area contributed by atoms with E-state index in [0.717, 1.165) is 11.1 Å². The van der Waals surface area contributed by atoms with Crippen molar-refractivity contribution >= 4 is 0 Å². The second kappa shape index (κ2) is 8.55. The average molecular weight is 449 g/mol. The molecule has 5 aromatic rings. The zero-order valence-electron chi connectivity index (χ0n) is 17.8. The van der Waals surface area contributed by atoms with Crippen molar-refractivity contribution in [3.63, 3.8) is 0 Å². The molecule has 0 saturated heterocycles. The van der Waals surface area contributed by atoms with E-state index in [9.17, 15) is 20.4 Å². The van der Waals surface area contributed by atoms with Crippen molar-refractivity contribution in [1.82, 2.24) is 15.0 Å². The van der Waals surface area contributed by atoms with Gasteiger partial charge in [-0.25, -0.2) is 15.0 Å². The molecular weight excluding hydrogens is 430 g/mol. The molecule has 0 radical (unpaired) electrons. The fraction of sp³-hybridized carbons (Fsp3) is 0. The normalized spacial score (nSPS) is 10.8. The summed E-state index contributed by atoms with van der Waals surface area (Å²) >= 11 is 0. The smallest absolute Gasteiger partial charge is 0.167 e. The van der Waals surface area contributed by atoms with Gasteiger partial charge in [-0.3, -0.25) is 0 Å². The first-order chi connectivity index (χ1) is 16.5. The molecule has 166 valence electrons. The summed E-state index contributed by atoms with van der Waals surface area (Å²) in [7, 11) is 0. The Kier molecular flexibility index (Phi) is 5.27. The van der Waals surface area contributed by atoms with E-state index in [-0.39, 0.29) is 34.6 Å². The second-order valence-corrected chi connectivity index (χ2v) is 7.65. The summed E-state index contributed by atoms with van der Waals surface area (Å²) in [4.78, 5) is 13.5. The predicted octanol–water partition coefficient (Wildman–Crippen LogP) is 5.36. The number of aromatic nitrogens is 3. The number of nitrogens with zero attached hydrogens (tertiary/aromatic N) is 3. The summed E-state index contributed by atoms with van der Waals surface area (Å²) < 4.78 is 0. The number of phenolic OH excluding ortho intramolecular Hbond substituents is 4. The Morgan fingerprint density at radius 3 is 1.35 bits per heavy atom. The third-order valence-corrected chi connectivity index (χ3v) is 5.33. The molecule has 1 aromatic heterocycles. The molecule has 7 nitrogen and oxygen atoms in total. The third kappa shape index (κ3) is 4.10. The molecule has 0 amide bonds. The molecule has 0 aliphatic rings. The molecule has 0 saturated carbocycles. The number of hydrogen-bond donors (Lipinski definition) is 4. The molecule has 0 spiro atoms. The van der Waals surface area contributed by atoms with Crippen LogP contribution in [0.15, 0.2) is 91.0 Å². The summed E-state index contributed by atoms with van der Waals surface area (Å²) in [5.74, 6) is 0.0792. The highest BCUT2D eigenvalue weighted by Gasteiger charge is 2.17. The van der Waals surface area contributed by atoms with E-state index < -0.39 is 0 Å². The van der Waals surface area contributed by atoms with Crippen LogP contribution in [0.25, 0.3) is 45.3 Å². The van der Waals surface area contributed by atoms with Gasteiger partial charge >= 0.3 is 0 Å². The van der Waals surface area contributed by atoms with Gasteiger partial charge in [-0.2, -0.15) is 0 Å². The van der Waals surface area contributed by atoms with E-state index in [0.29, 0.717) is 22.5 Å². The lowest BCUT2D eigenvalue weighted by Gasteiger charge is -2.11. The van der Waals surface area contributed by atoms with Crippen molar-refractivity contribution in [3.8, 4) is 68.3 Å². The van der Waals surface area contributed by atoms with Gasteiger partial charge in [-0.05, 0) is 35.4 Å². The van der Waals surface area contributed by atoms with Gasteiger partial charge in [-0.1, -0.05) is 54.6 Å². The van der Waals surface area contributed by atoms with Crippen LogP contribution in [0.4, 0.5) is 0 Å². The van der Waals surface area contributed by atoms with Crippen molar-refractivity contribution in [2.75, 3.05) is 0 Å². The molecule has 0 aliphatic heterocycles. The Balaban J connectivity index is 1.65. The lowest BCUT2D eigenvalue weighted by Crippen LogP contribution is -2.00. The molecule has 4 N–H and O–H groups in total. The van der Waals surface area contributed by atoms with Crippen molar-refractivity contribution < 1.29 is 20.4 Å². The van der Waals surface area contributed by atoms with Crippen LogP contribution in [-0.4, -0.2) is 35.4 Å². The van der Waals surface area contributed by atoms with Crippen LogP contribution in [0, 0.1) is 0 Å². The Morgan fingerprint density at radius 2 is 0.853 bits per heavy atom.